The van der Waals surface area contributed by atoms with E-state index in [2.05, 4.69) is 22.2 Å². The fourth-order valence-corrected chi connectivity index (χ4v) is 2.90. The molecule has 2 unspecified atom stereocenters. The maximum Gasteiger partial charge on any atom is 0.122 e. The number of nitrogens with one attached hydrogen (secondary N) is 2. The first kappa shape index (κ1) is 10.1. The third-order valence-electron chi connectivity index (χ3n) is 2.58. The molecule has 2 N–H and O–H groups in total. The molecule has 0 spiro atoms. The summed E-state index contributed by atoms with van der Waals surface area (Å²) in [7, 11) is 0. The average molecular weight is 211 g/mol. The van der Waals surface area contributed by atoms with Gasteiger partial charge >= 0.3 is 0 Å². The van der Waals surface area contributed by atoms with Crippen molar-refractivity contribution in [2.24, 2.45) is 0 Å². The molecular formula is C10H17N3S. The second-order valence-corrected chi connectivity index (χ2v) is 4.93. The molecule has 2 atom stereocenters. The van der Waals surface area contributed by atoms with Gasteiger partial charge in [0.1, 0.15) is 5.82 Å². The van der Waals surface area contributed by atoms with Gasteiger partial charge in [-0.05, 0) is 25.5 Å². The first-order chi connectivity index (χ1) is 6.86. The van der Waals surface area contributed by atoms with E-state index in [0.29, 0.717) is 12.1 Å². The number of thioether (sulfide) groups is 1. The largest absolute Gasteiger partial charge is 0.347 e. The molecule has 78 valence electrons. The monoisotopic (exact) mass is 211 g/mol. The van der Waals surface area contributed by atoms with Crippen molar-refractivity contribution in [1.82, 2.24) is 15.3 Å². The maximum absolute atomic E-state index is 4.26. The standard InChI is InChI=1S/C10H17N3S/c1-8(10-11-4-5-12-10)13-9-3-2-6-14-7-9/h4-5,8-9,13H,2-3,6-7H2,1H3,(H,11,12). The summed E-state index contributed by atoms with van der Waals surface area (Å²) >= 11 is 2.05. The molecule has 1 aliphatic rings. The van der Waals surface area contributed by atoms with Crippen molar-refractivity contribution >= 4 is 11.8 Å². The lowest BCUT2D eigenvalue weighted by molar-refractivity contribution is 0.442. The number of H-pyrrole nitrogens is 1. The fraction of sp³-hybridized carbons (Fsp3) is 0.700. The van der Waals surface area contributed by atoms with E-state index in [0.717, 1.165) is 5.82 Å². The minimum Gasteiger partial charge on any atom is -0.347 e. The molecular weight excluding hydrogens is 194 g/mol. The highest BCUT2D eigenvalue weighted by atomic mass is 32.2. The van der Waals surface area contributed by atoms with Crippen molar-refractivity contribution in [3.63, 3.8) is 0 Å². The second kappa shape index (κ2) is 4.84. The molecule has 2 heterocycles. The van der Waals surface area contributed by atoms with Crippen molar-refractivity contribution < 1.29 is 0 Å². The Hall–Kier alpha value is -0.480. The van der Waals surface area contributed by atoms with Crippen LogP contribution in [0.3, 0.4) is 0 Å². The van der Waals surface area contributed by atoms with Crippen LogP contribution >= 0.6 is 11.8 Å². The van der Waals surface area contributed by atoms with Crippen molar-refractivity contribution in [1.29, 1.82) is 0 Å². The fourth-order valence-electron chi connectivity index (χ4n) is 1.82. The van der Waals surface area contributed by atoms with Crippen LogP contribution in [0.1, 0.15) is 31.6 Å². The molecule has 0 saturated carbocycles. The molecule has 1 aliphatic heterocycles. The third kappa shape index (κ3) is 2.51. The summed E-state index contributed by atoms with van der Waals surface area (Å²) in [6, 6.07) is 1.00. The maximum atomic E-state index is 4.26. The number of aromatic amines is 1. The predicted octanol–water partition coefficient (Wildman–Crippen LogP) is 1.96. The van der Waals surface area contributed by atoms with Crippen molar-refractivity contribution in [3.8, 4) is 0 Å². The Balaban J connectivity index is 1.84. The van der Waals surface area contributed by atoms with Gasteiger partial charge in [0.2, 0.25) is 0 Å². The molecule has 0 aliphatic carbocycles. The van der Waals surface area contributed by atoms with E-state index in [1.54, 1.807) is 0 Å². The van der Waals surface area contributed by atoms with Gasteiger partial charge in [-0.15, -0.1) is 0 Å². The summed E-state index contributed by atoms with van der Waals surface area (Å²) in [5.41, 5.74) is 0. The highest BCUT2D eigenvalue weighted by Gasteiger charge is 2.17. The van der Waals surface area contributed by atoms with Crippen LogP contribution in [0.2, 0.25) is 0 Å². The minimum atomic E-state index is 0.341. The number of imidazole rings is 1. The molecule has 0 amide bonds. The van der Waals surface area contributed by atoms with Crippen LogP contribution in [0.5, 0.6) is 0 Å². The summed E-state index contributed by atoms with van der Waals surface area (Å²) in [5, 5.41) is 3.61. The zero-order valence-corrected chi connectivity index (χ0v) is 9.31. The molecule has 0 bridgehead atoms. The van der Waals surface area contributed by atoms with Crippen LogP contribution < -0.4 is 5.32 Å². The number of aromatic nitrogens is 2. The van der Waals surface area contributed by atoms with Gasteiger partial charge in [0, 0.05) is 24.2 Å². The molecule has 1 aromatic rings. The van der Waals surface area contributed by atoms with Crippen LogP contribution in [0, 0.1) is 0 Å². The molecule has 3 nitrogen and oxygen atoms in total. The number of rotatable bonds is 3. The van der Waals surface area contributed by atoms with Gasteiger partial charge in [-0.1, -0.05) is 0 Å². The van der Waals surface area contributed by atoms with E-state index in [9.17, 15) is 0 Å². The van der Waals surface area contributed by atoms with Gasteiger partial charge < -0.3 is 10.3 Å². The van der Waals surface area contributed by atoms with Gasteiger partial charge in [0.15, 0.2) is 0 Å². The number of hydrogen-bond donors (Lipinski definition) is 2. The van der Waals surface area contributed by atoms with Gasteiger partial charge in [-0.2, -0.15) is 11.8 Å². The number of nitrogens with zero attached hydrogens (tertiary/aromatic N) is 1. The van der Waals surface area contributed by atoms with E-state index < -0.39 is 0 Å². The molecule has 1 fully saturated rings. The Morgan fingerprint density at radius 2 is 2.64 bits per heavy atom. The van der Waals surface area contributed by atoms with E-state index in [1.807, 2.05) is 24.2 Å². The summed E-state index contributed by atoms with van der Waals surface area (Å²) < 4.78 is 0. The zero-order valence-electron chi connectivity index (χ0n) is 8.49. The van der Waals surface area contributed by atoms with Crippen LogP contribution in [0.25, 0.3) is 0 Å². The van der Waals surface area contributed by atoms with E-state index >= 15 is 0 Å². The summed E-state index contributed by atoms with van der Waals surface area (Å²) in [5.74, 6) is 3.61. The molecule has 2 rings (SSSR count). The average Bonchev–Trinajstić information content (AvgIpc) is 2.72. The Morgan fingerprint density at radius 1 is 1.71 bits per heavy atom. The smallest absolute Gasteiger partial charge is 0.122 e. The molecule has 0 aromatic carbocycles. The van der Waals surface area contributed by atoms with Gasteiger partial charge in [0.05, 0.1) is 6.04 Å². The van der Waals surface area contributed by atoms with Crippen LogP contribution in [0.15, 0.2) is 12.4 Å². The Kier molecular flexibility index (Phi) is 3.48. The Morgan fingerprint density at radius 3 is 3.29 bits per heavy atom. The molecule has 0 radical (unpaired) electrons. The lowest BCUT2D eigenvalue weighted by Crippen LogP contribution is -2.35. The Bertz CT molecular complexity index is 254. The number of hydrogen-bond acceptors (Lipinski definition) is 3. The van der Waals surface area contributed by atoms with Gasteiger partial charge in [0.25, 0.3) is 0 Å². The van der Waals surface area contributed by atoms with Crippen LogP contribution in [0.4, 0.5) is 0 Å². The minimum absolute atomic E-state index is 0.341. The normalized spacial score (nSPS) is 24.8. The lowest BCUT2D eigenvalue weighted by Gasteiger charge is -2.25. The van der Waals surface area contributed by atoms with E-state index in [-0.39, 0.29) is 0 Å². The molecule has 14 heavy (non-hydrogen) atoms. The highest BCUT2D eigenvalue weighted by Crippen LogP contribution is 2.19. The van der Waals surface area contributed by atoms with E-state index in [4.69, 9.17) is 0 Å². The summed E-state index contributed by atoms with van der Waals surface area (Å²) in [6.45, 7) is 2.16. The summed E-state index contributed by atoms with van der Waals surface area (Å²) in [4.78, 5) is 7.40. The first-order valence-electron chi connectivity index (χ1n) is 5.19. The van der Waals surface area contributed by atoms with Gasteiger partial charge in [-0.3, -0.25) is 0 Å². The molecule has 4 heteroatoms. The quantitative estimate of drug-likeness (QED) is 0.803. The SMILES string of the molecule is CC(NC1CCCSC1)c1ncc[nH]1. The van der Waals surface area contributed by atoms with Crippen molar-refractivity contribution in [3.05, 3.63) is 18.2 Å². The second-order valence-electron chi connectivity index (χ2n) is 3.78. The van der Waals surface area contributed by atoms with Crippen molar-refractivity contribution in [2.75, 3.05) is 11.5 Å². The Labute approximate surface area is 89.1 Å². The first-order valence-corrected chi connectivity index (χ1v) is 6.35. The highest BCUT2D eigenvalue weighted by molar-refractivity contribution is 7.99. The third-order valence-corrected chi connectivity index (χ3v) is 3.79. The van der Waals surface area contributed by atoms with Crippen LogP contribution in [-0.2, 0) is 0 Å². The lowest BCUT2D eigenvalue weighted by atomic mass is 10.1. The predicted molar refractivity (Wildman–Crippen MR) is 60.5 cm³/mol. The summed E-state index contributed by atoms with van der Waals surface area (Å²) in [6.07, 6.45) is 6.33. The van der Waals surface area contributed by atoms with E-state index in [1.165, 1.54) is 24.3 Å². The topological polar surface area (TPSA) is 40.7 Å². The van der Waals surface area contributed by atoms with Crippen molar-refractivity contribution in [2.45, 2.75) is 31.8 Å². The van der Waals surface area contributed by atoms with Gasteiger partial charge in [-0.25, -0.2) is 4.98 Å². The zero-order chi connectivity index (χ0) is 9.80. The molecule has 1 saturated heterocycles. The van der Waals surface area contributed by atoms with Crippen LogP contribution in [-0.4, -0.2) is 27.5 Å². The molecule has 1 aromatic heterocycles.